The summed E-state index contributed by atoms with van der Waals surface area (Å²) in [6, 6.07) is 0. The van der Waals surface area contributed by atoms with Gasteiger partial charge in [-0.25, -0.2) is 0 Å². The van der Waals surface area contributed by atoms with Gasteiger partial charge in [-0.1, -0.05) is 0 Å². The summed E-state index contributed by atoms with van der Waals surface area (Å²) in [5.41, 5.74) is 0. The molecule has 0 aliphatic carbocycles. The largest absolute Gasteiger partial charge is 0.412 e. The molecule has 0 aliphatic rings. The van der Waals surface area contributed by atoms with Crippen LogP contribution in [0.2, 0.25) is 0 Å². The molecule has 0 aromatic heterocycles. The van der Waals surface area contributed by atoms with Crippen LogP contribution in [0.25, 0.3) is 0 Å². The maximum absolute atomic E-state index is 0. The molecule has 0 spiro atoms. The maximum atomic E-state index is 0. The molecule has 0 aliphatic heterocycles. The van der Waals surface area contributed by atoms with E-state index in [0.717, 1.165) is 0 Å². The molecule has 2 nitrogen and oxygen atoms in total. The summed E-state index contributed by atoms with van der Waals surface area (Å²) in [7, 11) is 0. The van der Waals surface area contributed by atoms with Crippen LogP contribution in [0.4, 0.5) is 0 Å². The van der Waals surface area contributed by atoms with Gasteiger partial charge in [-0.15, -0.1) is 0 Å². The Morgan fingerprint density at radius 3 is 0.500 bits per heavy atom. The topological polar surface area (TPSA) is 63.0 Å². The summed E-state index contributed by atoms with van der Waals surface area (Å²) in [6.07, 6.45) is 0. The van der Waals surface area contributed by atoms with Gasteiger partial charge in [-0.05, 0) is 0 Å². The molecule has 0 amide bonds. The van der Waals surface area contributed by atoms with Crippen LogP contribution in [0, 0.1) is 0 Å². The molecule has 2 radical (unpaired) electrons. The van der Waals surface area contributed by atoms with E-state index in [1.807, 2.05) is 0 Å². The van der Waals surface area contributed by atoms with Crippen LogP contribution in [0.5, 0.6) is 0 Å². The zero-order chi connectivity index (χ0) is 0. The third-order valence-corrected chi connectivity index (χ3v) is 0. The van der Waals surface area contributed by atoms with E-state index in [-0.39, 0.29) is 70.1 Å². The monoisotopic (exact) mass is 82.0 g/mol. The Kier molecular flexibility index (Phi) is 199. The van der Waals surface area contributed by atoms with Gasteiger partial charge in [-0.2, -0.15) is 0 Å². The van der Waals surface area contributed by atoms with Crippen LogP contribution in [0.1, 0.15) is 0 Å². The second-order valence-corrected chi connectivity index (χ2v) is 0. The van der Waals surface area contributed by atoms with E-state index in [9.17, 15) is 0 Å². The van der Waals surface area contributed by atoms with Gasteiger partial charge in [0, 0.05) is 59.1 Å². The summed E-state index contributed by atoms with van der Waals surface area (Å²) in [6.45, 7) is 0. The van der Waals surface area contributed by atoms with Crippen molar-refractivity contribution in [2.75, 3.05) is 0 Å². The van der Waals surface area contributed by atoms with Gasteiger partial charge >= 0.3 is 0 Å². The Hall–Kier alpha value is 1.92. The standard InChI is InChI=1S/2Na.2H2O/h;;2*1H2. The number of hydrogen-bond donors (Lipinski definition) is 0. The molecule has 0 aromatic rings. The Balaban J connectivity index is 0. The molecule has 0 heterocycles. The Bertz CT molecular complexity index is 4.00. The Morgan fingerprint density at radius 2 is 0.500 bits per heavy atom. The van der Waals surface area contributed by atoms with Gasteiger partial charge in [0.15, 0.2) is 0 Å². The zero-order valence-corrected chi connectivity index (χ0v) is 7.00. The predicted molar refractivity (Wildman–Crippen MR) is 18.7 cm³/mol. The molecular formula is H4Na2O2. The average Bonchev–Trinajstić information content (AvgIpc) is 0. The molecule has 4 heteroatoms. The van der Waals surface area contributed by atoms with Gasteiger partial charge < -0.3 is 11.0 Å². The predicted octanol–water partition coefficient (Wildman–Crippen LogP) is -2.41. The van der Waals surface area contributed by atoms with E-state index in [2.05, 4.69) is 0 Å². The molecule has 0 fully saturated rings. The van der Waals surface area contributed by atoms with Gasteiger partial charge in [0.05, 0.1) is 0 Å². The second kappa shape index (κ2) is 20.5. The van der Waals surface area contributed by atoms with E-state index >= 15 is 0 Å². The molecule has 18 valence electrons. The smallest absolute Gasteiger partial charge is 0 e. The van der Waals surface area contributed by atoms with Gasteiger partial charge in [-0.3, -0.25) is 0 Å². The zero-order valence-electron chi connectivity index (χ0n) is 3.00. The fourth-order valence-electron chi connectivity index (χ4n) is 0. The van der Waals surface area contributed by atoms with Crippen molar-refractivity contribution in [3.05, 3.63) is 0 Å². The van der Waals surface area contributed by atoms with Crippen LogP contribution in [0.15, 0.2) is 0 Å². The van der Waals surface area contributed by atoms with E-state index in [4.69, 9.17) is 0 Å². The van der Waals surface area contributed by atoms with Crippen LogP contribution >= 0.6 is 0 Å². The number of hydrogen-bond acceptors (Lipinski definition) is 0. The fourth-order valence-corrected chi connectivity index (χ4v) is 0. The van der Waals surface area contributed by atoms with Crippen molar-refractivity contribution in [3.63, 3.8) is 0 Å². The van der Waals surface area contributed by atoms with E-state index in [1.165, 1.54) is 0 Å². The molecule has 0 rings (SSSR count). The van der Waals surface area contributed by atoms with Crippen molar-refractivity contribution in [2.24, 2.45) is 0 Å². The van der Waals surface area contributed by atoms with Crippen molar-refractivity contribution in [3.8, 4) is 0 Å². The Morgan fingerprint density at radius 1 is 0.500 bits per heavy atom. The van der Waals surface area contributed by atoms with Gasteiger partial charge in [0.2, 0.25) is 0 Å². The molecule has 4 N–H and O–H groups in total. The first-order valence-corrected chi connectivity index (χ1v) is 0. The van der Waals surface area contributed by atoms with E-state index in [0.29, 0.717) is 0 Å². The molecule has 4 heavy (non-hydrogen) atoms. The van der Waals surface area contributed by atoms with Crippen molar-refractivity contribution in [2.45, 2.75) is 0 Å². The van der Waals surface area contributed by atoms with Crippen molar-refractivity contribution < 1.29 is 11.0 Å². The van der Waals surface area contributed by atoms with Crippen LogP contribution in [0.3, 0.4) is 0 Å². The third-order valence-electron chi connectivity index (χ3n) is 0. The first-order valence-electron chi connectivity index (χ1n) is 0. The average molecular weight is 82.0 g/mol. The second-order valence-electron chi connectivity index (χ2n) is 0. The van der Waals surface area contributed by atoms with Crippen molar-refractivity contribution in [1.82, 2.24) is 0 Å². The first-order chi connectivity index (χ1) is 0. The SMILES string of the molecule is O.O.[Na].[Na]. The summed E-state index contributed by atoms with van der Waals surface area (Å²) in [5.74, 6) is 0. The minimum absolute atomic E-state index is 0. The molecule has 0 bridgehead atoms. The maximum Gasteiger partial charge on any atom is 0 e. The molecule has 0 saturated carbocycles. The van der Waals surface area contributed by atoms with Gasteiger partial charge in [0.1, 0.15) is 0 Å². The summed E-state index contributed by atoms with van der Waals surface area (Å²) < 4.78 is 0. The molecular weight excluding hydrogens is 78.0 g/mol. The van der Waals surface area contributed by atoms with Crippen molar-refractivity contribution in [1.29, 1.82) is 0 Å². The third kappa shape index (κ3) is 9.07. The van der Waals surface area contributed by atoms with E-state index < -0.39 is 0 Å². The van der Waals surface area contributed by atoms with E-state index in [1.54, 1.807) is 0 Å². The summed E-state index contributed by atoms with van der Waals surface area (Å²) in [4.78, 5) is 0. The van der Waals surface area contributed by atoms with Crippen LogP contribution < -0.4 is 0 Å². The summed E-state index contributed by atoms with van der Waals surface area (Å²) >= 11 is 0. The fraction of sp³-hybridized carbons (Fsp3) is 0. The normalized spacial score (nSPS) is 0. The number of rotatable bonds is 0. The minimum Gasteiger partial charge on any atom is -0.412 e. The van der Waals surface area contributed by atoms with Crippen LogP contribution in [-0.4, -0.2) is 70.1 Å². The van der Waals surface area contributed by atoms with Crippen molar-refractivity contribution >= 4 is 59.1 Å². The van der Waals surface area contributed by atoms with Gasteiger partial charge in [0.25, 0.3) is 0 Å². The summed E-state index contributed by atoms with van der Waals surface area (Å²) in [5, 5.41) is 0. The molecule has 0 aromatic carbocycles. The molecule has 0 atom stereocenters. The van der Waals surface area contributed by atoms with Crippen LogP contribution in [-0.2, 0) is 0 Å². The molecule has 0 saturated heterocycles. The Labute approximate surface area is 69.2 Å². The minimum atomic E-state index is 0. The quantitative estimate of drug-likeness (QED) is 0.292. The molecule has 0 unspecified atom stereocenters. The first kappa shape index (κ1) is 38.9.